The van der Waals surface area contributed by atoms with Gasteiger partial charge in [0, 0.05) is 0 Å². The van der Waals surface area contributed by atoms with Crippen LogP contribution in [0, 0.1) is 5.92 Å². The zero-order chi connectivity index (χ0) is 21.0. The molecule has 0 bridgehead atoms. The van der Waals surface area contributed by atoms with Crippen LogP contribution in [0.15, 0.2) is 60.7 Å². The minimum absolute atomic E-state index is 0.800. The summed E-state index contributed by atoms with van der Waals surface area (Å²) in [7, 11) is -1.46. The molecule has 0 nitrogen and oxygen atoms in total. The maximum atomic E-state index is 2.45. The van der Waals surface area contributed by atoms with Crippen LogP contribution >= 0.6 is 7.26 Å². The van der Waals surface area contributed by atoms with E-state index in [1.54, 1.807) is 10.6 Å². The minimum atomic E-state index is -1.46. The summed E-state index contributed by atoms with van der Waals surface area (Å²) in [5.41, 5.74) is 0.800. The van der Waals surface area contributed by atoms with E-state index in [0.29, 0.717) is 0 Å². The van der Waals surface area contributed by atoms with Gasteiger partial charge < -0.3 is 0 Å². The van der Waals surface area contributed by atoms with Crippen molar-refractivity contribution in [3.8, 4) is 0 Å². The Hall–Kier alpha value is -1.13. The Morgan fingerprint density at radius 1 is 0.621 bits per heavy atom. The van der Waals surface area contributed by atoms with E-state index >= 15 is 0 Å². The first-order chi connectivity index (χ1) is 14.2. The molecule has 2 aromatic carbocycles. The van der Waals surface area contributed by atoms with Gasteiger partial charge in [-0.2, -0.15) is 0 Å². The third-order valence-electron chi connectivity index (χ3n) is 6.76. The van der Waals surface area contributed by atoms with Gasteiger partial charge in [0.15, 0.2) is 0 Å². The Kier molecular flexibility index (Phi) is 11.0. The van der Waals surface area contributed by atoms with E-state index in [2.05, 4.69) is 88.4 Å². The standard InChI is InChI=1S/C28H44P/c1-5-9-13-19-26(8-4)29(27-20-14-11-15-21-27,28-22-16-12-17-23-28)24-25(7-3)18-10-6-2/h11-12,14-17,20-23,25-26H,5-10,13,18-19,24H2,1-4H3/q+1. The molecule has 0 aromatic heterocycles. The van der Waals surface area contributed by atoms with Crippen molar-refractivity contribution < 1.29 is 0 Å². The first kappa shape index (κ1) is 24.1. The summed E-state index contributed by atoms with van der Waals surface area (Å²) in [5.74, 6) is 0.837. The maximum absolute atomic E-state index is 2.45. The molecule has 0 radical (unpaired) electrons. The van der Waals surface area contributed by atoms with Crippen LogP contribution in [-0.4, -0.2) is 11.8 Å². The molecule has 0 heterocycles. The minimum Gasteiger partial charge on any atom is -0.0654 e. The van der Waals surface area contributed by atoms with Gasteiger partial charge in [0.05, 0.1) is 29.7 Å². The quantitative estimate of drug-likeness (QED) is 0.217. The van der Waals surface area contributed by atoms with Crippen LogP contribution in [0.5, 0.6) is 0 Å². The van der Waals surface area contributed by atoms with Crippen molar-refractivity contribution in [2.45, 2.75) is 91.1 Å². The van der Waals surface area contributed by atoms with Gasteiger partial charge >= 0.3 is 0 Å². The predicted octanol–water partition coefficient (Wildman–Crippen LogP) is 8.23. The van der Waals surface area contributed by atoms with Crippen LogP contribution in [0.4, 0.5) is 0 Å². The zero-order valence-electron chi connectivity index (χ0n) is 19.4. The molecule has 0 aliphatic heterocycles. The lowest BCUT2D eigenvalue weighted by Gasteiger charge is -2.37. The second-order valence-corrected chi connectivity index (χ2v) is 12.6. The number of benzene rings is 2. The summed E-state index contributed by atoms with van der Waals surface area (Å²) in [5, 5.41) is 3.29. The SMILES string of the molecule is CCCCCC(CC)[P+](CC(CC)CCCC)(c1ccccc1)c1ccccc1. The molecule has 2 atom stereocenters. The fraction of sp³-hybridized carbons (Fsp3) is 0.571. The molecule has 2 unspecified atom stereocenters. The third kappa shape index (κ3) is 6.42. The lowest BCUT2D eigenvalue weighted by Crippen LogP contribution is -2.35. The lowest BCUT2D eigenvalue weighted by atomic mass is 10.0. The fourth-order valence-electron chi connectivity index (χ4n) is 5.01. The van der Waals surface area contributed by atoms with Crippen molar-refractivity contribution >= 4 is 17.9 Å². The lowest BCUT2D eigenvalue weighted by molar-refractivity contribution is 0.494. The van der Waals surface area contributed by atoms with Gasteiger partial charge in [0.1, 0.15) is 0 Å². The molecule has 0 aliphatic carbocycles. The van der Waals surface area contributed by atoms with E-state index in [9.17, 15) is 0 Å². The third-order valence-corrected chi connectivity index (χ3v) is 12.2. The van der Waals surface area contributed by atoms with Gasteiger partial charge in [-0.05, 0) is 62.3 Å². The Balaban J connectivity index is 2.57. The first-order valence-electron chi connectivity index (χ1n) is 12.2. The van der Waals surface area contributed by atoms with Crippen molar-refractivity contribution in [2.75, 3.05) is 6.16 Å². The Morgan fingerprint density at radius 3 is 1.62 bits per heavy atom. The van der Waals surface area contributed by atoms with Crippen molar-refractivity contribution in [1.82, 2.24) is 0 Å². The molecule has 0 saturated heterocycles. The molecule has 160 valence electrons. The fourth-order valence-corrected chi connectivity index (χ4v) is 10.8. The van der Waals surface area contributed by atoms with Gasteiger partial charge in [-0.25, -0.2) is 0 Å². The number of hydrogen-bond donors (Lipinski definition) is 0. The van der Waals surface area contributed by atoms with Crippen LogP contribution in [0.3, 0.4) is 0 Å². The van der Waals surface area contributed by atoms with Crippen molar-refractivity contribution in [3.05, 3.63) is 60.7 Å². The highest BCUT2D eigenvalue weighted by atomic mass is 31.2. The van der Waals surface area contributed by atoms with Crippen LogP contribution in [0.2, 0.25) is 0 Å². The molecule has 1 heteroatoms. The smallest absolute Gasteiger partial charge is 0.0654 e. The average Bonchev–Trinajstić information content (AvgIpc) is 2.79. The molecule has 0 spiro atoms. The summed E-state index contributed by atoms with van der Waals surface area (Å²) in [6, 6.07) is 23.3. The highest BCUT2D eigenvalue weighted by Gasteiger charge is 2.49. The van der Waals surface area contributed by atoms with Gasteiger partial charge in [-0.15, -0.1) is 0 Å². The Morgan fingerprint density at radius 2 is 1.17 bits per heavy atom. The monoisotopic (exact) mass is 411 g/mol. The normalized spacial score (nSPS) is 13.9. The molecule has 0 fully saturated rings. The Bertz CT molecular complexity index is 609. The Labute approximate surface area is 181 Å². The largest absolute Gasteiger partial charge is 0.0994 e. The highest BCUT2D eigenvalue weighted by molar-refractivity contribution is 7.90. The topological polar surface area (TPSA) is 0 Å². The maximum Gasteiger partial charge on any atom is 0.0994 e. The highest BCUT2D eigenvalue weighted by Crippen LogP contribution is 2.64. The van der Waals surface area contributed by atoms with Crippen LogP contribution in [0.1, 0.15) is 85.5 Å². The molecule has 0 N–H and O–H groups in total. The van der Waals surface area contributed by atoms with E-state index in [1.165, 1.54) is 63.9 Å². The van der Waals surface area contributed by atoms with E-state index < -0.39 is 7.26 Å². The van der Waals surface area contributed by atoms with Crippen molar-refractivity contribution in [2.24, 2.45) is 5.92 Å². The van der Waals surface area contributed by atoms with E-state index in [4.69, 9.17) is 0 Å². The van der Waals surface area contributed by atoms with Gasteiger partial charge in [-0.1, -0.05) is 89.8 Å². The van der Waals surface area contributed by atoms with Gasteiger partial charge in [0.25, 0.3) is 0 Å². The summed E-state index contributed by atoms with van der Waals surface area (Å²) in [4.78, 5) is 0. The number of rotatable bonds is 14. The zero-order valence-corrected chi connectivity index (χ0v) is 20.3. The van der Waals surface area contributed by atoms with Crippen LogP contribution < -0.4 is 10.6 Å². The van der Waals surface area contributed by atoms with E-state index in [-0.39, 0.29) is 0 Å². The van der Waals surface area contributed by atoms with E-state index in [0.717, 1.165) is 11.6 Å². The van der Waals surface area contributed by atoms with Crippen molar-refractivity contribution in [3.63, 3.8) is 0 Å². The molecule has 2 rings (SSSR count). The van der Waals surface area contributed by atoms with Crippen LogP contribution in [0.25, 0.3) is 0 Å². The second-order valence-electron chi connectivity index (χ2n) is 8.70. The average molecular weight is 412 g/mol. The molecule has 29 heavy (non-hydrogen) atoms. The summed E-state index contributed by atoms with van der Waals surface area (Å²) in [6.07, 6.45) is 13.5. The molecule has 0 aliphatic rings. The summed E-state index contributed by atoms with van der Waals surface area (Å²) >= 11 is 0. The summed E-state index contributed by atoms with van der Waals surface area (Å²) < 4.78 is 0. The van der Waals surface area contributed by atoms with E-state index in [1.807, 2.05) is 0 Å². The molecule has 0 saturated carbocycles. The predicted molar refractivity (Wildman–Crippen MR) is 135 cm³/mol. The molecular formula is C28H44P+. The van der Waals surface area contributed by atoms with Crippen LogP contribution in [-0.2, 0) is 0 Å². The first-order valence-corrected chi connectivity index (χ1v) is 14.3. The number of hydrogen-bond acceptors (Lipinski definition) is 0. The van der Waals surface area contributed by atoms with Gasteiger partial charge in [0.2, 0.25) is 0 Å². The molecule has 2 aromatic rings. The van der Waals surface area contributed by atoms with Crippen molar-refractivity contribution in [1.29, 1.82) is 0 Å². The molecule has 0 amide bonds. The second kappa shape index (κ2) is 13.2. The summed E-state index contributed by atoms with van der Waals surface area (Å²) in [6.45, 7) is 9.53. The van der Waals surface area contributed by atoms with Gasteiger partial charge in [-0.3, -0.25) is 0 Å². The molecular weight excluding hydrogens is 367 g/mol. The number of unbranched alkanes of at least 4 members (excludes halogenated alkanes) is 3.